The molecule has 2 heterocycles. The van der Waals surface area contributed by atoms with Crippen LogP contribution in [-0.4, -0.2) is 34.4 Å². The van der Waals surface area contributed by atoms with Crippen LogP contribution in [-0.2, 0) is 6.42 Å². The van der Waals surface area contributed by atoms with Crippen LogP contribution in [0, 0.1) is 5.82 Å². The quantitative estimate of drug-likeness (QED) is 0.696. The summed E-state index contributed by atoms with van der Waals surface area (Å²) in [5, 5.41) is 11.0. The van der Waals surface area contributed by atoms with Gasteiger partial charge in [0.15, 0.2) is 0 Å². The summed E-state index contributed by atoms with van der Waals surface area (Å²) < 4.78 is 15.4. The van der Waals surface area contributed by atoms with Gasteiger partial charge in [-0.1, -0.05) is 37.1 Å². The fourth-order valence-corrected chi connectivity index (χ4v) is 4.99. The average Bonchev–Trinajstić information content (AvgIpc) is 2.75. The molecule has 31 heavy (non-hydrogen) atoms. The number of aromatic nitrogens is 2. The molecule has 2 unspecified atom stereocenters. The van der Waals surface area contributed by atoms with Crippen LogP contribution in [0.2, 0.25) is 0 Å². The van der Waals surface area contributed by atoms with E-state index < -0.39 is 6.10 Å². The van der Waals surface area contributed by atoms with Gasteiger partial charge in [-0.3, -0.25) is 9.36 Å². The molecule has 5 nitrogen and oxygen atoms in total. The highest BCUT2D eigenvalue weighted by Crippen LogP contribution is 2.36. The molecule has 0 saturated heterocycles. The Morgan fingerprint density at radius 3 is 2.87 bits per heavy atom. The highest BCUT2D eigenvalue weighted by Gasteiger charge is 2.27. The zero-order valence-corrected chi connectivity index (χ0v) is 17.6. The van der Waals surface area contributed by atoms with E-state index in [1.165, 1.54) is 12.1 Å². The molecule has 160 valence electrons. The molecule has 6 heteroatoms. The number of hydrogen-bond acceptors (Lipinski definition) is 4. The number of rotatable bonds is 3. The number of fused-ring (bicyclic) bond motifs is 3. The van der Waals surface area contributed by atoms with Crippen molar-refractivity contribution in [1.82, 2.24) is 9.55 Å². The molecule has 1 N–H and O–H groups in total. The van der Waals surface area contributed by atoms with Crippen LogP contribution in [0.25, 0.3) is 17.0 Å². The van der Waals surface area contributed by atoms with Gasteiger partial charge in [0, 0.05) is 19.2 Å². The highest BCUT2D eigenvalue weighted by atomic mass is 19.1. The van der Waals surface area contributed by atoms with Gasteiger partial charge in [-0.05, 0) is 48.6 Å². The van der Waals surface area contributed by atoms with Crippen LogP contribution in [0.3, 0.4) is 0 Å². The van der Waals surface area contributed by atoms with Gasteiger partial charge in [0.05, 0.1) is 29.5 Å². The molecule has 1 fully saturated rings. The molecule has 5 rings (SSSR count). The van der Waals surface area contributed by atoms with Gasteiger partial charge < -0.3 is 10.0 Å². The Morgan fingerprint density at radius 1 is 1.23 bits per heavy atom. The maximum Gasteiger partial charge on any atom is 0.261 e. The van der Waals surface area contributed by atoms with Crippen LogP contribution >= 0.6 is 0 Å². The van der Waals surface area contributed by atoms with Gasteiger partial charge in [-0.25, -0.2) is 9.37 Å². The van der Waals surface area contributed by atoms with E-state index in [4.69, 9.17) is 4.98 Å². The summed E-state index contributed by atoms with van der Waals surface area (Å²) in [6.45, 7) is 0.734. The fraction of sp³-hybridized carbons (Fsp3) is 0.360. The van der Waals surface area contributed by atoms with Crippen LogP contribution in [0.5, 0.6) is 0 Å². The first-order valence-corrected chi connectivity index (χ1v) is 10.9. The van der Waals surface area contributed by atoms with Crippen molar-refractivity contribution in [2.45, 2.75) is 44.2 Å². The second kappa shape index (κ2) is 7.93. The molecule has 0 bridgehead atoms. The van der Waals surface area contributed by atoms with Crippen molar-refractivity contribution in [2.75, 3.05) is 18.5 Å². The number of aliphatic hydroxyl groups is 1. The molecule has 1 aromatic heterocycles. The van der Waals surface area contributed by atoms with Gasteiger partial charge in [0.1, 0.15) is 11.3 Å². The topological polar surface area (TPSA) is 58.4 Å². The Hall–Kier alpha value is -2.99. The third kappa shape index (κ3) is 3.55. The monoisotopic (exact) mass is 419 g/mol. The number of likely N-dealkylation sites (N-methyl/N-ethyl adjacent to an activating group) is 1. The van der Waals surface area contributed by atoms with Gasteiger partial charge in [-0.2, -0.15) is 0 Å². The molecule has 3 aromatic rings. The SMILES string of the molecule is CN1CC=Cc2c(Cc3cccc(F)c3)cc3c(=O)n(C4CCCCC4O)cnc3c21. The summed E-state index contributed by atoms with van der Waals surface area (Å²) >= 11 is 0. The molecule has 1 saturated carbocycles. The molecular formula is C25H26FN3O2. The average molecular weight is 420 g/mol. The summed E-state index contributed by atoms with van der Waals surface area (Å²) in [7, 11) is 1.99. The summed E-state index contributed by atoms with van der Waals surface area (Å²) in [6.07, 6.45) is 9.21. The van der Waals surface area contributed by atoms with E-state index in [1.54, 1.807) is 17.0 Å². The molecule has 0 spiro atoms. The third-order valence-electron chi connectivity index (χ3n) is 6.56. The first-order valence-electron chi connectivity index (χ1n) is 10.9. The lowest BCUT2D eigenvalue weighted by Gasteiger charge is -2.30. The zero-order valence-electron chi connectivity index (χ0n) is 17.6. The van der Waals surface area contributed by atoms with Gasteiger partial charge in [-0.15, -0.1) is 0 Å². The van der Waals surface area contributed by atoms with Gasteiger partial charge in [0.25, 0.3) is 5.56 Å². The lowest BCUT2D eigenvalue weighted by Crippen LogP contribution is -2.35. The second-order valence-corrected chi connectivity index (χ2v) is 8.66. The van der Waals surface area contributed by atoms with Crippen molar-refractivity contribution in [3.63, 3.8) is 0 Å². The summed E-state index contributed by atoms with van der Waals surface area (Å²) in [5.41, 5.74) is 4.33. The lowest BCUT2D eigenvalue weighted by molar-refractivity contribution is 0.0735. The number of benzene rings is 2. The van der Waals surface area contributed by atoms with Crippen molar-refractivity contribution in [3.05, 3.63) is 75.6 Å². The molecule has 0 radical (unpaired) electrons. The van der Waals surface area contributed by atoms with Crippen LogP contribution in [0.4, 0.5) is 10.1 Å². The van der Waals surface area contributed by atoms with Crippen molar-refractivity contribution in [2.24, 2.45) is 0 Å². The number of halogens is 1. The van der Waals surface area contributed by atoms with E-state index in [0.29, 0.717) is 23.7 Å². The predicted molar refractivity (Wildman–Crippen MR) is 121 cm³/mol. The molecule has 0 amide bonds. The van der Waals surface area contributed by atoms with Gasteiger partial charge >= 0.3 is 0 Å². The molecular weight excluding hydrogens is 393 g/mol. The maximum atomic E-state index is 13.8. The van der Waals surface area contributed by atoms with E-state index in [0.717, 1.165) is 48.2 Å². The number of anilines is 1. The first-order chi connectivity index (χ1) is 15.0. The lowest BCUT2D eigenvalue weighted by atomic mass is 9.91. The van der Waals surface area contributed by atoms with Crippen molar-refractivity contribution >= 4 is 22.7 Å². The second-order valence-electron chi connectivity index (χ2n) is 8.66. The zero-order chi connectivity index (χ0) is 21.5. The summed E-state index contributed by atoms with van der Waals surface area (Å²) in [5.74, 6) is -0.268. The summed E-state index contributed by atoms with van der Waals surface area (Å²) in [4.78, 5) is 20.3. The van der Waals surface area contributed by atoms with E-state index in [-0.39, 0.29) is 17.4 Å². The molecule has 1 aliphatic heterocycles. The van der Waals surface area contributed by atoms with Gasteiger partial charge in [0.2, 0.25) is 0 Å². The van der Waals surface area contributed by atoms with E-state index in [9.17, 15) is 14.3 Å². The smallest absolute Gasteiger partial charge is 0.261 e. The highest BCUT2D eigenvalue weighted by molar-refractivity contribution is 5.97. The molecule has 2 aliphatic rings. The van der Waals surface area contributed by atoms with Crippen LogP contribution < -0.4 is 10.5 Å². The van der Waals surface area contributed by atoms with Crippen molar-refractivity contribution < 1.29 is 9.50 Å². The number of nitrogens with zero attached hydrogens (tertiary/aromatic N) is 3. The first kappa shape index (κ1) is 19.9. The van der Waals surface area contributed by atoms with E-state index >= 15 is 0 Å². The Labute approximate surface area is 180 Å². The molecule has 2 aromatic carbocycles. The van der Waals surface area contributed by atoms with Crippen molar-refractivity contribution in [3.8, 4) is 0 Å². The van der Waals surface area contributed by atoms with E-state index in [2.05, 4.69) is 17.1 Å². The minimum atomic E-state index is -0.527. The Morgan fingerprint density at radius 2 is 2.06 bits per heavy atom. The largest absolute Gasteiger partial charge is 0.391 e. The van der Waals surface area contributed by atoms with Crippen LogP contribution in [0.15, 0.2) is 47.5 Å². The normalized spacial score (nSPS) is 20.8. The maximum absolute atomic E-state index is 13.8. The van der Waals surface area contributed by atoms with Crippen molar-refractivity contribution in [1.29, 1.82) is 0 Å². The Kier molecular flexibility index (Phi) is 5.10. The Balaban J connectivity index is 1.70. The summed E-state index contributed by atoms with van der Waals surface area (Å²) in [6, 6.07) is 8.25. The number of hydrogen-bond donors (Lipinski definition) is 1. The molecule has 1 aliphatic carbocycles. The number of aliphatic hydroxyl groups excluding tert-OH is 1. The fourth-order valence-electron chi connectivity index (χ4n) is 4.99. The predicted octanol–water partition coefficient (Wildman–Crippen LogP) is 4.07. The van der Waals surface area contributed by atoms with E-state index in [1.807, 2.05) is 19.2 Å². The molecule has 2 atom stereocenters. The Bertz CT molecular complexity index is 1230. The standard InChI is InChI=1S/C25H26FN3O2/c1-28-11-5-8-19-17(12-16-6-4-7-18(26)13-16)14-20-23(24(19)28)27-15-29(25(20)31)21-9-2-3-10-22(21)30/h4-8,13-15,21-22,30H,2-3,9-12H2,1H3. The van der Waals surface area contributed by atoms with Crippen LogP contribution in [0.1, 0.15) is 48.4 Å². The third-order valence-corrected chi connectivity index (χ3v) is 6.56. The minimum absolute atomic E-state index is 0.123. The minimum Gasteiger partial charge on any atom is -0.391 e.